The largest absolute Gasteiger partial charge is 0.497 e. The summed E-state index contributed by atoms with van der Waals surface area (Å²) in [6.07, 6.45) is 0. The summed E-state index contributed by atoms with van der Waals surface area (Å²) in [7, 11) is 1.65. The van der Waals surface area contributed by atoms with Crippen LogP contribution in [0.4, 0.5) is 16.2 Å². The minimum Gasteiger partial charge on any atom is -0.497 e. The van der Waals surface area contributed by atoms with Gasteiger partial charge in [0.25, 0.3) is 0 Å². The van der Waals surface area contributed by atoms with E-state index in [1.54, 1.807) is 7.11 Å². The van der Waals surface area contributed by atoms with Crippen molar-refractivity contribution in [3.63, 3.8) is 0 Å². The van der Waals surface area contributed by atoms with Crippen LogP contribution in [0, 0.1) is 0 Å². The van der Waals surface area contributed by atoms with Crippen LogP contribution in [0.15, 0.2) is 18.2 Å². The Bertz CT molecular complexity index is 505. The maximum Gasteiger partial charge on any atom is 0.317 e. The van der Waals surface area contributed by atoms with Gasteiger partial charge in [-0.1, -0.05) is 0 Å². The number of nitrogens with one attached hydrogen (secondary N) is 1. The number of hydrogen-bond acceptors (Lipinski definition) is 4. The van der Waals surface area contributed by atoms with E-state index in [0.717, 1.165) is 36.8 Å². The van der Waals surface area contributed by atoms with Crippen LogP contribution in [0.2, 0.25) is 0 Å². The maximum absolute atomic E-state index is 11.6. The van der Waals surface area contributed by atoms with Crippen LogP contribution in [-0.2, 0) is 0 Å². The Morgan fingerprint density at radius 3 is 3.05 bits per heavy atom. The van der Waals surface area contributed by atoms with Crippen molar-refractivity contribution in [2.45, 2.75) is 6.04 Å². The van der Waals surface area contributed by atoms with Crippen LogP contribution in [-0.4, -0.2) is 50.3 Å². The summed E-state index contributed by atoms with van der Waals surface area (Å²) in [4.78, 5) is 15.7. The average Bonchev–Trinajstić information content (AvgIpc) is 2.80. The molecule has 2 saturated heterocycles. The summed E-state index contributed by atoms with van der Waals surface area (Å²) in [5.41, 5.74) is 7.77. The molecule has 0 aliphatic carbocycles. The zero-order valence-electron chi connectivity index (χ0n) is 10.9. The van der Waals surface area contributed by atoms with E-state index in [1.807, 2.05) is 23.1 Å². The number of urea groups is 1. The van der Waals surface area contributed by atoms with Gasteiger partial charge in [0, 0.05) is 32.2 Å². The van der Waals surface area contributed by atoms with Crippen molar-refractivity contribution in [3.8, 4) is 5.75 Å². The number of rotatable bonds is 2. The molecule has 19 heavy (non-hydrogen) atoms. The van der Waals surface area contributed by atoms with Gasteiger partial charge in [-0.25, -0.2) is 4.79 Å². The Hall–Kier alpha value is -2.11. The fourth-order valence-corrected chi connectivity index (χ4v) is 2.75. The second-order valence-electron chi connectivity index (χ2n) is 4.90. The molecular weight excluding hydrogens is 244 g/mol. The van der Waals surface area contributed by atoms with E-state index in [4.69, 9.17) is 10.5 Å². The lowest BCUT2D eigenvalue weighted by Gasteiger charge is -2.38. The topological polar surface area (TPSA) is 70.8 Å². The lowest BCUT2D eigenvalue weighted by Crippen LogP contribution is -2.52. The summed E-state index contributed by atoms with van der Waals surface area (Å²) >= 11 is 0. The van der Waals surface area contributed by atoms with Crippen LogP contribution >= 0.6 is 0 Å². The van der Waals surface area contributed by atoms with Gasteiger partial charge in [-0.3, -0.25) is 0 Å². The standard InChI is InChI=1S/C13H18N4O2/c1-19-10-2-3-11(14)12(6-10)16-4-5-17-9(8-16)7-15-13(17)18/h2-3,6,9H,4-5,7-8,14H2,1H3,(H,15,18). The van der Waals surface area contributed by atoms with E-state index in [0.29, 0.717) is 6.54 Å². The molecule has 2 fully saturated rings. The molecule has 3 N–H and O–H groups in total. The third-order valence-electron chi connectivity index (χ3n) is 3.81. The van der Waals surface area contributed by atoms with Crippen molar-refractivity contribution in [3.05, 3.63) is 18.2 Å². The first-order valence-electron chi connectivity index (χ1n) is 6.42. The van der Waals surface area contributed by atoms with Crippen LogP contribution in [0.5, 0.6) is 5.75 Å². The zero-order valence-corrected chi connectivity index (χ0v) is 10.9. The first-order valence-corrected chi connectivity index (χ1v) is 6.42. The molecule has 1 aromatic rings. The SMILES string of the molecule is COc1ccc(N)c(N2CCN3C(=O)NCC3C2)c1. The monoisotopic (exact) mass is 262 g/mol. The molecule has 2 amide bonds. The maximum atomic E-state index is 11.6. The van der Waals surface area contributed by atoms with E-state index >= 15 is 0 Å². The van der Waals surface area contributed by atoms with Gasteiger partial charge in [-0.05, 0) is 12.1 Å². The van der Waals surface area contributed by atoms with E-state index in [9.17, 15) is 4.79 Å². The van der Waals surface area contributed by atoms with Gasteiger partial charge in [0.1, 0.15) is 5.75 Å². The summed E-state index contributed by atoms with van der Waals surface area (Å²) in [6, 6.07) is 5.94. The molecule has 102 valence electrons. The smallest absolute Gasteiger partial charge is 0.317 e. The Morgan fingerprint density at radius 2 is 2.26 bits per heavy atom. The molecule has 0 aromatic heterocycles. The van der Waals surface area contributed by atoms with Gasteiger partial charge in [-0.2, -0.15) is 0 Å². The van der Waals surface area contributed by atoms with Crippen molar-refractivity contribution < 1.29 is 9.53 Å². The normalized spacial score (nSPS) is 22.2. The van der Waals surface area contributed by atoms with E-state index < -0.39 is 0 Å². The number of anilines is 2. The minimum atomic E-state index is 0.0447. The predicted molar refractivity (Wildman–Crippen MR) is 73.5 cm³/mol. The first kappa shape index (κ1) is 12.0. The molecule has 2 aliphatic rings. The molecular formula is C13H18N4O2. The van der Waals surface area contributed by atoms with Crippen molar-refractivity contribution in [1.29, 1.82) is 0 Å². The third-order valence-corrected chi connectivity index (χ3v) is 3.81. The number of carbonyl (C=O) groups excluding carboxylic acids is 1. The number of piperazine rings is 1. The molecule has 2 aliphatic heterocycles. The molecule has 6 heteroatoms. The summed E-state index contributed by atoms with van der Waals surface area (Å²) in [5.74, 6) is 0.798. The minimum absolute atomic E-state index is 0.0447. The van der Waals surface area contributed by atoms with Gasteiger partial charge in [0.15, 0.2) is 0 Å². The highest BCUT2D eigenvalue weighted by molar-refractivity contribution is 5.78. The highest BCUT2D eigenvalue weighted by atomic mass is 16.5. The third kappa shape index (κ3) is 2.03. The number of hydrogen-bond donors (Lipinski definition) is 2. The average molecular weight is 262 g/mol. The number of nitrogen functional groups attached to an aromatic ring is 1. The molecule has 3 rings (SSSR count). The quantitative estimate of drug-likeness (QED) is 0.761. The van der Waals surface area contributed by atoms with E-state index in [-0.39, 0.29) is 12.1 Å². The first-order chi connectivity index (χ1) is 9.19. The van der Waals surface area contributed by atoms with Gasteiger partial charge >= 0.3 is 6.03 Å². The number of methoxy groups -OCH3 is 1. The summed E-state index contributed by atoms with van der Waals surface area (Å²) in [5, 5.41) is 2.88. The Labute approximate surface area is 112 Å². The highest BCUT2D eigenvalue weighted by Crippen LogP contribution is 2.30. The number of fused-ring (bicyclic) bond motifs is 1. The van der Waals surface area contributed by atoms with Crippen molar-refractivity contribution in [2.24, 2.45) is 0 Å². The fraction of sp³-hybridized carbons (Fsp3) is 0.462. The van der Waals surface area contributed by atoms with Crippen molar-refractivity contribution >= 4 is 17.4 Å². The number of nitrogens with zero attached hydrogens (tertiary/aromatic N) is 2. The second-order valence-corrected chi connectivity index (χ2v) is 4.90. The van der Waals surface area contributed by atoms with Gasteiger partial charge in [0.05, 0.1) is 24.5 Å². The molecule has 0 radical (unpaired) electrons. The lowest BCUT2D eigenvalue weighted by molar-refractivity contribution is 0.197. The van der Waals surface area contributed by atoms with Crippen molar-refractivity contribution in [1.82, 2.24) is 10.2 Å². The van der Waals surface area contributed by atoms with Gasteiger partial charge < -0.3 is 25.6 Å². The molecule has 1 atom stereocenters. The Balaban J connectivity index is 1.82. The zero-order chi connectivity index (χ0) is 13.4. The molecule has 2 heterocycles. The summed E-state index contributed by atoms with van der Waals surface area (Å²) in [6.45, 7) is 3.03. The Kier molecular flexibility index (Phi) is 2.85. The molecule has 1 aromatic carbocycles. The van der Waals surface area contributed by atoms with Gasteiger partial charge in [-0.15, -0.1) is 0 Å². The molecule has 0 bridgehead atoms. The van der Waals surface area contributed by atoms with Crippen LogP contribution in [0.1, 0.15) is 0 Å². The molecule has 0 saturated carbocycles. The second kappa shape index (κ2) is 4.53. The number of nitrogens with two attached hydrogens (primary N) is 1. The molecule has 6 nitrogen and oxygen atoms in total. The van der Waals surface area contributed by atoms with Crippen LogP contribution < -0.4 is 20.7 Å². The van der Waals surface area contributed by atoms with Gasteiger partial charge in [0.2, 0.25) is 0 Å². The highest BCUT2D eigenvalue weighted by Gasteiger charge is 2.35. The summed E-state index contributed by atoms with van der Waals surface area (Å²) < 4.78 is 5.25. The van der Waals surface area contributed by atoms with E-state index in [2.05, 4.69) is 10.2 Å². The van der Waals surface area contributed by atoms with Crippen molar-refractivity contribution in [2.75, 3.05) is 43.9 Å². The molecule has 0 spiro atoms. The lowest BCUT2D eigenvalue weighted by atomic mass is 10.1. The molecule has 1 unspecified atom stereocenters. The predicted octanol–water partition coefficient (Wildman–Crippen LogP) is 0.491. The van der Waals surface area contributed by atoms with Crippen LogP contribution in [0.3, 0.4) is 0 Å². The number of carbonyl (C=O) groups is 1. The fourth-order valence-electron chi connectivity index (χ4n) is 2.75. The van der Waals surface area contributed by atoms with E-state index in [1.165, 1.54) is 0 Å². The number of benzene rings is 1. The number of ether oxygens (including phenoxy) is 1. The number of amides is 2. The Morgan fingerprint density at radius 1 is 1.42 bits per heavy atom. The van der Waals surface area contributed by atoms with Crippen LogP contribution in [0.25, 0.3) is 0 Å².